The average Bonchev–Trinajstić information content (AvgIpc) is 2.60. The third kappa shape index (κ3) is 4.12. The van der Waals surface area contributed by atoms with E-state index < -0.39 is 11.7 Å². The summed E-state index contributed by atoms with van der Waals surface area (Å²) >= 11 is 5.72. The van der Waals surface area contributed by atoms with Crippen molar-refractivity contribution in [1.29, 1.82) is 5.26 Å². The molecule has 3 nitrogen and oxygen atoms in total. The molecule has 0 radical (unpaired) electrons. The highest BCUT2D eigenvalue weighted by molar-refractivity contribution is 6.31. The van der Waals surface area contributed by atoms with Gasteiger partial charge in [-0.2, -0.15) is 18.4 Å². The van der Waals surface area contributed by atoms with E-state index in [1.807, 2.05) is 26.0 Å². The normalized spacial score (nSPS) is 12.5. The third-order valence-electron chi connectivity index (χ3n) is 4.29. The van der Waals surface area contributed by atoms with Crippen molar-refractivity contribution < 1.29 is 13.2 Å². The molecular formula is C19H19ClF3N3. The Kier molecular flexibility index (Phi) is 6.17. The van der Waals surface area contributed by atoms with Gasteiger partial charge in [0.05, 0.1) is 28.3 Å². The molecule has 0 saturated heterocycles. The lowest BCUT2D eigenvalue weighted by molar-refractivity contribution is -0.137. The molecule has 1 atom stereocenters. The summed E-state index contributed by atoms with van der Waals surface area (Å²) in [6.07, 6.45) is -4.54. The molecule has 0 aliphatic rings. The Balaban J connectivity index is 2.51. The maximum Gasteiger partial charge on any atom is 0.417 e. The summed E-state index contributed by atoms with van der Waals surface area (Å²) in [7, 11) is 0. The van der Waals surface area contributed by atoms with Crippen LogP contribution in [0.5, 0.6) is 0 Å². The molecule has 0 saturated carbocycles. The first kappa shape index (κ1) is 20.1. The Morgan fingerprint density at radius 1 is 1.23 bits per heavy atom. The summed E-state index contributed by atoms with van der Waals surface area (Å²) in [5.41, 5.74) is 7.55. The highest BCUT2D eigenvalue weighted by Crippen LogP contribution is 2.38. The number of nitriles is 1. The van der Waals surface area contributed by atoms with Crippen molar-refractivity contribution >= 4 is 17.3 Å². The Hall–Kier alpha value is -2.23. The van der Waals surface area contributed by atoms with Crippen LogP contribution in [0, 0.1) is 18.3 Å². The summed E-state index contributed by atoms with van der Waals surface area (Å²) in [5, 5.41) is 8.89. The van der Waals surface area contributed by atoms with Gasteiger partial charge in [-0.05, 0) is 49.2 Å². The highest BCUT2D eigenvalue weighted by atomic mass is 35.5. The monoisotopic (exact) mass is 381 g/mol. The topological polar surface area (TPSA) is 53.0 Å². The lowest BCUT2D eigenvalue weighted by atomic mass is 9.99. The molecule has 7 heteroatoms. The summed E-state index contributed by atoms with van der Waals surface area (Å²) < 4.78 is 39.5. The van der Waals surface area contributed by atoms with E-state index in [1.165, 1.54) is 6.07 Å². The van der Waals surface area contributed by atoms with Crippen molar-refractivity contribution in [3.8, 4) is 6.07 Å². The first-order valence-electron chi connectivity index (χ1n) is 8.07. The molecule has 0 heterocycles. The lowest BCUT2D eigenvalue weighted by Crippen LogP contribution is -2.34. The summed E-state index contributed by atoms with van der Waals surface area (Å²) in [4.78, 5) is 1.78. The number of aryl methyl sites for hydroxylation is 1. The molecule has 0 aromatic heterocycles. The molecule has 2 aromatic carbocycles. The number of benzene rings is 2. The van der Waals surface area contributed by atoms with Gasteiger partial charge in [0.2, 0.25) is 0 Å². The molecule has 0 bridgehead atoms. The fourth-order valence-corrected chi connectivity index (χ4v) is 3.13. The molecule has 1 unspecified atom stereocenters. The number of nitrogens with two attached hydrogens (primary N) is 1. The molecule has 0 amide bonds. The summed E-state index contributed by atoms with van der Waals surface area (Å²) in [6, 6.07) is 11.0. The van der Waals surface area contributed by atoms with E-state index in [0.717, 1.165) is 17.2 Å². The van der Waals surface area contributed by atoms with E-state index in [0.29, 0.717) is 17.8 Å². The van der Waals surface area contributed by atoms with Crippen LogP contribution in [0.1, 0.15) is 35.2 Å². The van der Waals surface area contributed by atoms with Crippen LogP contribution in [0.2, 0.25) is 5.02 Å². The average molecular weight is 382 g/mol. The van der Waals surface area contributed by atoms with Gasteiger partial charge in [-0.3, -0.25) is 0 Å². The molecule has 2 N–H and O–H groups in total. The van der Waals surface area contributed by atoms with Crippen LogP contribution in [0.4, 0.5) is 18.9 Å². The molecule has 0 aliphatic heterocycles. The first-order chi connectivity index (χ1) is 12.2. The molecule has 0 spiro atoms. The summed E-state index contributed by atoms with van der Waals surface area (Å²) in [6.45, 7) is 4.29. The van der Waals surface area contributed by atoms with E-state index in [2.05, 4.69) is 6.07 Å². The zero-order valence-corrected chi connectivity index (χ0v) is 15.2. The maximum absolute atomic E-state index is 13.2. The fraction of sp³-hybridized carbons (Fsp3) is 0.316. The van der Waals surface area contributed by atoms with Crippen molar-refractivity contribution in [1.82, 2.24) is 0 Å². The number of nitrogens with zero attached hydrogens (tertiary/aromatic N) is 2. The van der Waals surface area contributed by atoms with Gasteiger partial charge in [0.25, 0.3) is 0 Å². The van der Waals surface area contributed by atoms with Gasteiger partial charge in [-0.1, -0.05) is 23.7 Å². The van der Waals surface area contributed by atoms with Crippen molar-refractivity contribution in [2.45, 2.75) is 26.1 Å². The number of hydrogen-bond donors (Lipinski definition) is 1. The van der Waals surface area contributed by atoms with Crippen molar-refractivity contribution in [3.05, 3.63) is 63.7 Å². The van der Waals surface area contributed by atoms with Gasteiger partial charge < -0.3 is 10.6 Å². The zero-order chi connectivity index (χ0) is 19.5. The Bertz CT molecular complexity index is 828. The molecule has 0 fully saturated rings. The van der Waals surface area contributed by atoms with Crippen LogP contribution in [0.3, 0.4) is 0 Å². The number of likely N-dealkylation sites (N-methyl/N-ethyl adjacent to an activating group) is 1. The number of hydrogen-bond acceptors (Lipinski definition) is 3. The van der Waals surface area contributed by atoms with Gasteiger partial charge in [0.15, 0.2) is 0 Å². The van der Waals surface area contributed by atoms with Crippen LogP contribution in [0.25, 0.3) is 0 Å². The van der Waals surface area contributed by atoms with Gasteiger partial charge in [0.1, 0.15) is 0 Å². The molecule has 0 aliphatic carbocycles. The van der Waals surface area contributed by atoms with Gasteiger partial charge in [0, 0.05) is 18.8 Å². The number of halogens is 4. The quantitative estimate of drug-likeness (QED) is 0.787. The van der Waals surface area contributed by atoms with E-state index >= 15 is 0 Å². The van der Waals surface area contributed by atoms with Crippen LogP contribution in [-0.4, -0.2) is 13.1 Å². The SMILES string of the molecule is CCN(c1ccc(Cl)c(C(F)(F)F)c1)C(CN)c1ccc(C)c(C#N)c1. The third-order valence-corrected chi connectivity index (χ3v) is 4.62. The highest BCUT2D eigenvalue weighted by Gasteiger charge is 2.34. The van der Waals surface area contributed by atoms with E-state index in [1.54, 1.807) is 17.0 Å². The Morgan fingerprint density at radius 3 is 2.46 bits per heavy atom. The maximum atomic E-state index is 13.2. The number of anilines is 1. The lowest BCUT2D eigenvalue weighted by Gasteiger charge is -2.33. The molecule has 138 valence electrons. The minimum Gasteiger partial charge on any atom is -0.363 e. The zero-order valence-electron chi connectivity index (χ0n) is 14.4. The van der Waals surface area contributed by atoms with Crippen LogP contribution < -0.4 is 10.6 Å². The standard InChI is InChI=1S/C19H19ClF3N3/c1-3-26(15-6-7-17(20)16(9-15)19(21,22)23)18(11-25)13-5-4-12(2)14(8-13)10-24/h4-9,18H,3,11,25H2,1-2H3. The molecular weight excluding hydrogens is 363 g/mol. The molecule has 2 rings (SSSR count). The van der Waals surface area contributed by atoms with Crippen molar-refractivity contribution in [3.63, 3.8) is 0 Å². The van der Waals surface area contributed by atoms with Gasteiger partial charge in [-0.15, -0.1) is 0 Å². The second-order valence-corrected chi connectivity index (χ2v) is 6.29. The van der Waals surface area contributed by atoms with Crippen LogP contribution >= 0.6 is 11.6 Å². The molecule has 26 heavy (non-hydrogen) atoms. The number of alkyl halides is 3. The van der Waals surface area contributed by atoms with E-state index in [9.17, 15) is 18.4 Å². The smallest absolute Gasteiger partial charge is 0.363 e. The second kappa shape index (κ2) is 7.98. The van der Waals surface area contributed by atoms with E-state index in [4.69, 9.17) is 17.3 Å². The van der Waals surface area contributed by atoms with Gasteiger partial charge in [-0.25, -0.2) is 0 Å². The first-order valence-corrected chi connectivity index (χ1v) is 8.44. The Morgan fingerprint density at radius 2 is 1.92 bits per heavy atom. The summed E-state index contributed by atoms with van der Waals surface area (Å²) in [5.74, 6) is 0. The van der Waals surface area contributed by atoms with E-state index in [-0.39, 0.29) is 17.6 Å². The minimum absolute atomic E-state index is 0.186. The second-order valence-electron chi connectivity index (χ2n) is 5.89. The van der Waals surface area contributed by atoms with Crippen LogP contribution in [0.15, 0.2) is 36.4 Å². The molecule has 2 aromatic rings. The predicted octanol–water partition coefficient (Wildman–Crippen LogP) is 5.07. The number of rotatable bonds is 5. The fourth-order valence-electron chi connectivity index (χ4n) is 2.90. The van der Waals surface area contributed by atoms with Crippen molar-refractivity contribution in [2.75, 3.05) is 18.0 Å². The van der Waals surface area contributed by atoms with Gasteiger partial charge >= 0.3 is 6.18 Å². The minimum atomic E-state index is -4.54. The Labute approximate surface area is 155 Å². The van der Waals surface area contributed by atoms with Crippen LogP contribution in [-0.2, 0) is 6.18 Å². The largest absolute Gasteiger partial charge is 0.417 e. The van der Waals surface area contributed by atoms with Crippen molar-refractivity contribution in [2.24, 2.45) is 5.73 Å². The predicted molar refractivity (Wildman–Crippen MR) is 97.2 cm³/mol.